The van der Waals surface area contributed by atoms with Crippen LogP contribution in [0.2, 0.25) is 0 Å². The molecule has 0 spiro atoms. The minimum absolute atomic E-state index is 0.0342. The molecule has 20 heavy (non-hydrogen) atoms. The first kappa shape index (κ1) is 14.4. The van der Waals surface area contributed by atoms with Crippen LogP contribution in [0.25, 0.3) is 0 Å². The number of rotatable bonds is 3. The molecule has 1 aromatic carbocycles. The molecule has 5 heteroatoms. The van der Waals surface area contributed by atoms with Crippen molar-refractivity contribution in [1.82, 2.24) is 0 Å². The van der Waals surface area contributed by atoms with E-state index < -0.39 is 5.41 Å². The summed E-state index contributed by atoms with van der Waals surface area (Å²) in [5.41, 5.74) is 6.88. The number of benzene rings is 1. The first-order valence-corrected chi connectivity index (χ1v) is 6.92. The molecule has 0 bridgehead atoms. The van der Waals surface area contributed by atoms with E-state index in [1.54, 1.807) is 11.8 Å². The molecule has 0 saturated carbocycles. The number of fused-ring (bicyclic) bond motifs is 1. The van der Waals surface area contributed by atoms with E-state index in [1.165, 1.54) is 5.56 Å². The van der Waals surface area contributed by atoms with Gasteiger partial charge < -0.3 is 15.8 Å². The van der Waals surface area contributed by atoms with Crippen LogP contribution >= 0.6 is 0 Å². The number of amidine groups is 1. The number of para-hydroxylation sites is 1. The highest BCUT2D eigenvalue weighted by molar-refractivity contribution is 6.12. The molecule has 0 radical (unpaired) electrons. The number of nitrogens with two attached hydrogens (primary N) is 1. The van der Waals surface area contributed by atoms with Crippen molar-refractivity contribution in [1.29, 1.82) is 0 Å². The van der Waals surface area contributed by atoms with E-state index in [9.17, 15) is 4.79 Å². The molecule has 1 aromatic rings. The molecule has 0 aromatic heterocycles. The molecule has 3 N–H and O–H groups in total. The summed E-state index contributed by atoms with van der Waals surface area (Å²) >= 11 is 0. The maximum Gasteiger partial charge on any atom is 0.240 e. The molecule has 1 unspecified atom stereocenters. The zero-order valence-corrected chi connectivity index (χ0v) is 12.0. The number of amides is 1. The number of carbonyl (C=O) groups excluding carboxylic acids is 1. The summed E-state index contributed by atoms with van der Waals surface area (Å²) in [6.07, 6.45) is 2.39. The van der Waals surface area contributed by atoms with Crippen molar-refractivity contribution in [3.63, 3.8) is 0 Å². The van der Waals surface area contributed by atoms with Crippen LogP contribution in [0, 0.1) is 5.41 Å². The average molecular weight is 275 g/mol. The Balaban J connectivity index is 2.40. The standard InChI is InChI=1S/C15H21N3O2/c1-3-15(2,13(16)17-20)14(19)18-10-6-8-11-7-4-5-9-12(11)18/h4-5,7,9,20H,3,6,8,10H2,1-2H3,(H2,16,17). The lowest BCUT2D eigenvalue weighted by molar-refractivity contribution is -0.124. The molecule has 2 rings (SSSR count). The summed E-state index contributed by atoms with van der Waals surface area (Å²) in [5.74, 6) is -0.143. The first-order valence-electron chi connectivity index (χ1n) is 6.92. The Kier molecular flexibility index (Phi) is 3.97. The summed E-state index contributed by atoms with van der Waals surface area (Å²) in [6, 6.07) is 7.91. The van der Waals surface area contributed by atoms with Gasteiger partial charge in [0.2, 0.25) is 5.91 Å². The molecule has 1 aliphatic heterocycles. The van der Waals surface area contributed by atoms with Crippen molar-refractivity contribution in [2.45, 2.75) is 33.1 Å². The van der Waals surface area contributed by atoms with Crippen LogP contribution in [0.1, 0.15) is 32.3 Å². The van der Waals surface area contributed by atoms with Gasteiger partial charge in [-0.3, -0.25) is 4.79 Å². The zero-order chi connectivity index (χ0) is 14.8. The number of hydrogen-bond donors (Lipinski definition) is 2. The second-order valence-electron chi connectivity index (χ2n) is 5.36. The van der Waals surface area contributed by atoms with Gasteiger partial charge in [0.15, 0.2) is 5.84 Å². The predicted octanol–water partition coefficient (Wildman–Crippen LogP) is 2.13. The minimum atomic E-state index is -0.973. The number of nitrogens with zero attached hydrogens (tertiary/aromatic N) is 2. The molecule has 1 aliphatic rings. The lowest BCUT2D eigenvalue weighted by atomic mass is 9.83. The molecular weight excluding hydrogens is 254 g/mol. The van der Waals surface area contributed by atoms with Crippen LogP contribution < -0.4 is 10.6 Å². The Morgan fingerprint density at radius 3 is 2.85 bits per heavy atom. The Hall–Kier alpha value is -2.04. The van der Waals surface area contributed by atoms with Gasteiger partial charge in [-0.15, -0.1) is 0 Å². The molecule has 1 amide bonds. The second kappa shape index (κ2) is 5.53. The van der Waals surface area contributed by atoms with Gasteiger partial charge in [0.25, 0.3) is 0 Å². The van der Waals surface area contributed by atoms with Gasteiger partial charge in [-0.1, -0.05) is 30.3 Å². The topological polar surface area (TPSA) is 78.9 Å². The van der Waals surface area contributed by atoms with Crippen molar-refractivity contribution < 1.29 is 10.0 Å². The van der Waals surface area contributed by atoms with E-state index in [1.807, 2.05) is 31.2 Å². The van der Waals surface area contributed by atoms with Gasteiger partial charge in [0.1, 0.15) is 5.41 Å². The van der Waals surface area contributed by atoms with Crippen molar-refractivity contribution >= 4 is 17.4 Å². The molecular formula is C15H21N3O2. The van der Waals surface area contributed by atoms with E-state index in [4.69, 9.17) is 10.9 Å². The predicted molar refractivity (Wildman–Crippen MR) is 78.9 cm³/mol. The van der Waals surface area contributed by atoms with Crippen LogP contribution in [0.3, 0.4) is 0 Å². The lowest BCUT2D eigenvalue weighted by Crippen LogP contribution is -2.51. The highest BCUT2D eigenvalue weighted by Crippen LogP contribution is 2.32. The smallest absolute Gasteiger partial charge is 0.240 e. The number of aryl methyl sites for hydroxylation is 1. The van der Waals surface area contributed by atoms with E-state index in [0.29, 0.717) is 13.0 Å². The third-order valence-electron chi connectivity index (χ3n) is 4.21. The Labute approximate surface area is 119 Å². The molecule has 108 valence electrons. The summed E-state index contributed by atoms with van der Waals surface area (Å²) in [6.45, 7) is 4.26. The molecule has 1 atom stereocenters. The summed E-state index contributed by atoms with van der Waals surface area (Å²) < 4.78 is 0. The number of oxime groups is 1. The summed E-state index contributed by atoms with van der Waals surface area (Å²) in [4.78, 5) is 14.6. The van der Waals surface area contributed by atoms with Crippen molar-refractivity contribution in [3.05, 3.63) is 29.8 Å². The SMILES string of the molecule is CCC(C)(C(=O)N1CCCc2ccccc21)/C(N)=N/O. The largest absolute Gasteiger partial charge is 0.409 e. The quantitative estimate of drug-likeness (QED) is 0.384. The van der Waals surface area contributed by atoms with Crippen LogP contribution in [0.5, 0.6) is 0 Å². The third kappa shape index (κ3) is 2.24. The fraction of sp³-hybridized carbons (Fsp3) is 0.467. The fourth-order valence-electron chi connectivity index (χ4n) is 2.59. The van der Waals surface area contributed by atoms with E-state index >= 15 is 0 Å². The van der Waals surface area contributed by atoms with Crippen LogP contribution in [0.4, 0.5) is 5.69 Å². The Morgan fingerprint density at radius 1 is 1.50 bits per heavy atom. The Bertz CT molecular complexity index is 542. The van der Waals surface area contributed by atoms with E-state index in [-0.39, 0.29) is 11.7 Å². The van der Waals surface area contributed by atoms with Crippen molar-refractivity contribution in [2.24, 2.45) is 16.3 Å². The van der Waals surface area contributed by atoms with E-state index in [2.05, 4.69) is 5.16 Å². The van der Waals surface area contributed by atoms with Gasteiger partial charge in [-0.2, -0.15) is 0 Å². The van der Waals surface area contributed by atoms with Crippen molar-refractivity contribution in [2.75, 3.05) is 11.4 Å². The molecule has 0 aliphatic carbocycles. The van der Waals surface area contributed by atoms with Crippen molar-refractivity contribution in [3.8, 4) is 0 Å². The van der Waals surface area contributed by atoms with Crippen LogP contribution in [-0.2, 0) is 11.2 Å². The molecule has 0 fully saturated rings. The van der Waals surface area contributed by atoms with E-state index in [0.717, 1.165) is 18.5 Å². The number of anilines is 1. The van der Waals surface area contributed by atoms with Crippen LogP contribution in [0.15, 0.2) is 29.4 Å². The highest BCUT2D eigenvalue weighted by Gasteiger charge is 2.41. The van der Waals surface area contributed by atoms with Gasteiger partial charge in [-0.05, 0) is 37.8 Å². The molecule has 5 nitrogen and oxygen atoms in total. The first-order chi connectivity index (χ1) is 9.54. The maximum absolute atomic E-state index is 12.9. The fourth-order valence-corrected chi connectivity index (χ4v) is 2.59. The monoisotopic (exact) mass is 275 g/mol. The van der Waals surface area contributed by atoms with Gasteiger partial charge >= 0.3 is 0 Å². The van der Waals surface area contributed by atoms with Gasteiger partial charge in [-0.25, -0.2) is 0 Å². The van der Waals surface area contributed by atoms with Gasteiger partial charge in [0, 0.05) is 12.2 Å². The van der Waals surface area contributed by atoms with Crippen LogP contribution in [-0.4, -0.2) is 23.5 Å². The summed E-state index contributed by atoms with van der Waals surface area (Å²) in [7, 11) is 0. The number of carbonyl (C=O) groups is 1. The van der Waals surface area contributed by atoms with Gasteiger partial charge in [0.05, 0.1) is 0 Å². The molecule has 0 saturated heterocycles. The third-order valence-corrected chi connectivity index (χ3v) is 4.21. The summed E-state index contributed by atoms with van der Waals surface area (Å²) in [5, 5.41) is 12.0. The maximum atomic E-state index is 12.9. The minimum Gasteiger partial charge on any atom is -0.409 e. The number of hydrogen-bond acceptors (Lipinski definition) is 3. The average Bonchev–Trinajstić information content (AvgIpc) is 2.51. The normalized spacial score (nSPS) is 18.3. The Morgan fingerprint density at radius 2 is 2.20 bits per heavy atom. The molecule has 1 heterocycles. The zero-order valence-electron chi connectivity index (χ0n) is 12.0. The highest BCUT2D eigenvalue weighted by atomic mass is 16.4. The lowest BCUT2D eigenvalue weighted by Gasteiger charge is -2.36. The second-order valence-corrected chi connectivity index (χ2v) is 5.36.